The molecule has 0 saturated heterocycles. The molecule has 0 aliphatic heterocycles. The molecule has 0 aliphatic rings. The number of aryl methyl sites for hydroxylation is 1. The van der Waals surface area contributed by atoms with E-state index in [1.807, 2.05) is 31.2 Å². The van der Waals surface area contributed by atoms with Crippen molar-refractivity contribution in [3.8, 4) is 0 Å². The van der Waals surface area contributed by atoms with Gasteiger partial charge in [-0.05, 0) is 12.5 Å². The van der Waals surface area contributed by atoms with Crippen LogP contribution < -0.4 is 18.9 Å². The third-order valence-electron chi connectivity index (χ3n) is 1.47. The molecule has 1 aromatic rings. The number of hydrogen-bond donors (Lipinski definition) is 0. The van der Waals surface area contributed by atoms with Gasteiger partial charge in [-0.3, -0.25) is 0 Å². The maximum absolute atomic E-state index is 9.03. The van der Waals surface area contributed by atoms with Crippen LogP contribution in [0, 0.1) is 6.92 Å². The second-order valence-corrected chi connectivity index (χ2v) is 2.45. The Labute approximate surface area is 79.5 Å². The van der Waals surface area contributed by atoms with Crippen LogP contribution in [0.3, 0.4) is 0 Å². The Balaban J connectivity index is 0.000001000. The second-order valence-electron chi connectivity index (χ2n) is 2.45. The monoisotopic (exact) mass is 139 g/mol. The Morgan fingerprint density at radius 1 is 1.18 bits per heavy atom. The predicted octanol–water partition coefficient (Wildman–Crippen LogP) is -0.623. The molecule has 1 aromatic carbocycles. The van der Waals surface area contributed by atoms with Gasteiger partial charge in [0.05, 0.1) is 0 Å². The zero-order valence-corrected chi connectivity index (χ0v) is 7.26. The van der Waals surface area contributed by atoms with Crippen LogP contribution in [0.4, 0.5) is 0 Å². The smallest absolute Gasteiger partial charge is 0.807 e. The SMILES string of the molecule is CC(=[N-])c1ccc(C)cc1.[Li+]. The van der Waals surface area contributed by atoms with Crippen LogP contribution in [-0.2, 0) is 0 Å². The van der Waals surface area contributed by atoms with Crippen LogP contribution >= 0.6 is 0 Å². The molecule has 0 heterocycles. The first-order valence-corrected chi connectivity index (χ1v) is 3.29. The zero-order valence-electron chi connectivity index (χ0n) is 7.26. The molecule has 2 heteroatoms. The van der Waals surface area contributed by atoms with E-state index in [0.717, 1.165) is 5.56 Å². The van der Waals surface area contributed by atoms with Crippen molar-refractivity contribution < 1.29 is 18.9 Å². The van der Waals surface area contributed by atoms with E-state index in [1.54, 1.807) is 6.92 Å². The van der Waals surface area contributed by atoms with Gasteiger partial charge >= 0.3 is 18.9 Å². The molecule has 0 fully saturated rings. The van der Waals surface area contributed by atoms with E-state index in [9.17, 15) is 0 Å². The van der Waals surface area contributed by atoms with E-state index in [0.29, 0.717) is 5.71 Å². The molecule has 0 aromatic heterocycles. The predicted molar refractivity (Wildman–Crippen MR) is 44.3 cm³/mol. The zero-order chi connectivity index (χ0) is 7.56. The quantitative estimate of drug-likeness (QED) is 0.365. The number of nitrogens with zero attached hydrogens (tertiary/aromatic N) is 1. The van der Waals surface area contributed by atoms with E-state index >= 15 is 0 Å². The minimum atomic E-state index is 0. The van der Waals surface area contributed by atoms with Gasteiger partial charge in [-0.25, -0.2) is 0 Å². The molecule has 0 amide bonds. The van der Waals surface area contributed by atoms with E-state index in [4.69, 9.17) is 5.41 Å². The molecule has 0 spiro atoms. The second kappa shape index (κ2) is 4.38. The molecule has 0 radical (unpaired) electrons. The summed E-state index contributed by atoms with van der Waals surface area (Å²) in [6.45, 7) is 3.71. The van der Waals surface area contributed by atoms with Crippen LogP contribution in [-0.4, -0.2) is 5.71 Å². The Kier molecular flexibility index (Phi) is 4.18. The van der Waals surface area contributed by atoms with Crippen molar-refractivity contribution in [1.29, 1.82) is 0 Å². The van der Waals surface area contributed by atoms with Gasteiger partial charge < -0.3 is 5.41 Å². The van der Waals surface area contributed by atoms with Crippen LogP contribution in [0.5, 0.6) is 0 Å². The average molecular weight is 139 g/mol. The van der Waals surface area contributed by atoms with Gasteiger partial charge in [0, 0.05) is 0 Å². The largest absolute Gasteiger partial charge is 1.00 e. The van der Waals surface area contributed by atoms with Crippen LogP contribution in [0.25, 0.3) is 5.41 Å². The summed E-state index contributed by atoms with van der Waals surface area (Å²) in [7, 11) is 0. The fraction of sp³-hybridized carbons (Fsp3) is 0.222. The van der Waals surface area contributed by atoms with Gasteiger partial charge in [-0.1, -0.05) is 36.8 Å². The molecule has 1 nitrogen and oxygen atoms in total. The first-order chi connectivity index (χ1) is 4.70. The van der Waals surface area contributed by atoms with E-state index < -0.39 is 0 Å². The average Bonchev–Trinajstić information content (AvgIpc) is 1.88. The van der Waals surface area contributed by atoms with Gasteiger partial charge in [-0.15, -0.1) is 0 Å². The van der Waals surface area contributed by atoms with Crippen molar-refractivity contribution in [2.75, 3.05) is 0 Å². The molecular weight excluding hydrogens is 129 g/mol. The van der Waals surface area contributed by atoms with Gasteiger partial charge in [0.15, 0.2) is 0 Å². The first kappa shape index (κ1) is 10.5. The Morgan fingerprint density at radius 3 is 2.00 bits per heavy atom. The molecular formula is C9H10LiN. The van der Waals surface area contributed by atoms with Crippen molar-refractivity contribution in [2.24, 2.45) is 0 Å². The molecule has 0 N–H and O–H groups in total. The summed E-state index contributed by atoms with van der Waals surface area (Å²) in [5.74, 6) is 0. The summed E-state index contributed by atoms with van der Waals surface area (Å²) < 4.78 is 0. The van der Waals surface area contributed by atoms with Gasteiger partial charge in [0.2, 0.25) is 0 Å². The molecule has 0 aliphatic carbocycles. The third-order valence-corrected chi connectivity index (χ3v) is 1.47. The van der Waals surface area contributed by atoms with E-state index in [2.05, 4.69) is 0 Å². The van der Waals surface area contributed by atoms with Gasteiger partial charge in [0.1, 0.15) is 0 Å². The maximum Gasteiger partial charge on any atom is 1.00 e. The minimum absolute atomic E-state index is 0. The molecule has 11 heavy (non-hydrogen) atoms. The van der Waals surface area contributed by atoms with Gasteiger partial charge in [0.25, 0.3) is 0 Å². The minimum Gasteiger partial charge on any atom is -0.807 e. The van der Waals surface area contributed by atoms with E-state index in [-0.39, 0.29) is 18.9 Å². The third kappa shape index (κ3) is 2.92. The molecule has 1 rings (SSSR count). The fourth-order valence-electron chi connectivity index (χ4n) is 0.795. The topological polar surface area (TPSA) is 22.3 Å². The standard InChI is InChI=1S/C9H10N.Li/c1-7-3-5-9(6-4-7)8(2)10;/h3-6H,1-2H3;/q-1;+1. The molecule has 0 unspecified atom stereocenters. The van der Waals surface area contributed by atoms with E-state index in [1.165, 1.54) is 5.56 Å². The number of hydrogen-bond acceptors (Lipinski definition) is 0. The fourth-order valence-corrected chi connectivity index (χ4v) is 0.795. The van der Waals surface area contributed by atoms with Crippen molar-refractivity contribution in [1.82, 2.24) is 0 Å². The summed E-state index contributed by atoms with van der Waals surface area (Å²) in [6, 6.07) is 7.78. The molecule has 0 saturated carbocycles. The normalized spacial score (nSPS) is 8.55. The summed E-state index contributed by atoms with van der Waals surface area (Å²) in [5.41, 5.74) is 2.48. The van der Waals surface area contributed by atoms with Crippen molar-refractivity contribution >= 4 is 5.71 Å². The summed E-state index contributed by atoms with van der Waals surface area (Å²) in [5, 5.41) is 9.03. The number of rotatable bonds is 1. The van der Waals surface area contributed by atoms with Crippen LogP contribution in [0.15, 0.2) is 24.3 Å². The molecule has 52 valence electrons. The maximum atomic E-state index is 9.03. The Bertz CT molecular complexity index is 238. The van der Waals surface area contributed by atoms with Crippen molar-refractivity contribution in [3.05, 3.63) is 40.8 Å². The Morgan fingerprint density at radius 2 is 1.64 bits per heavy atom. The van der Waals surface area contributed by atoms with Crippen LogP contribution in [0.2, 0.25) is 0 Å². The molecule has 0 atom stereocenters. The number of benzene rings is 1. The van der Waals surface area contributed by atoms with Crippen molar-refractivity contribution in [3.63, 3.8) is 0 Å². The van der Waals surface area contributed by atoms with Crippen molar-refractivity contribution in [2.45, 2.75) is 13.8 Å². The summed E-state index contributed by atoms with van der Waals surface area (Å²) >= 11 is 0. The summed E-state index contributed by atoms with van der Waals surface area (Å²) in [6.07, 6.45) is 0. The molecule has 0 bridgehead atoms. The summed E-state index contributed by atoms with van der Waals surface area (Å²) in [4.78, 5) is 0. The first-order valence-electron chi connectivity index (χ1n) is 3.29. The van der Waals surface area contributed by atoms with Crippen LogP contribution in [0.1, 0.15) is 18.1 Å². The van der Waals surface area contributed by atoms with Gasteiger partial charge in [-0.2, -0.15) is 5.71 Å². The Hall–Kier alpha value is -0.513.